The van der Waals surface area contributed by atoms with E-state index in [1.807, 2.05) is 18.2 Å². The highest BCUT2D eigenvalue weighted by Gasteiger charge is 2.01. The molecule has 0 atom stereocenters. The number of benzene rings is 1. The van der Waals surface area contributed by atoms with Crippen LogP contribution in [0.25, 0.3) is 0 Å². The van der Waals surface area contributed by atoms with E-state index in [1.54, 1.807) is 0 Å². The molecule has 0 saturated carbocycles. The maximum Gasteiger partial charge on any atom is 0.234 e. The molecule has 0 bridgehead atoms. The van der Waals surface area contributed by atoms with Crippen molar-refractivity contribution in [1.82, 2.24) is 10.6 Å². The molecule has 1 rings (SSSR count). The predicted octanol–water partition coefficient (Wildman–Crippen LogP) is 2.39. The van der Waals surface area contributed by atoms with Crippen LogP contribution in [0.1, 0.15) is 37.3 Å². The fourth-order valence-corrected chi connectivity index (χ4v) is 1.77. The fourth-order valence-electron chi connectivity index (χ4n) is 1.77. The molecule has 0 aliphatic heterocycles. The summed E-state index contributed by atoms with van der Waals surface area (Å²) in [6.07, 6.45) is 3.57. The van der Waals surface area contributed by atoms with Crippen LogP contribution in [0.4, 0.5) is 0 Å². The molecular formula is C15H24N2O. The van der Waals surface area contributed by atoms with E-state index in [1.165, 1.54) is 24.0 Å². The smallest absolute Gasteiger partial charge is 0.234 e. The second-order valence-electron chi connectivity index (χ2n) is 4.59. The first-order chi connectivity index (χ1) is 8.74. The van der Waals surface area contributed by atoms with Crippen LogP contribution in [0.3, 0.4) is 0 Å². The number of aryl methyl sites for hydroxylation is 1. The van der Waals surface area contributed by atoms with E-state index in [-0.39, 0.29) is 5.91 Å². The second kappa shape index (κ2) is 8.70. The van der Waals surface area contributed by atoms with Gasteiger partial charge in [-0.1, -0.05) is 44.0 Å². The monoisotopic (exact) mass is 248 g/mol. The predicted molar refractivity (Wildman–Crippen MR) is 75.4 cm³/mol. The molecule has 3 nitrogen and oxygen atoms in total. The van der Waals surface area contributed by atoms with E-state index in [9.17, 15) is 4.79 Å². The fraction of sp³-hybridized carbons (Fsp3) is 0.533. The molecule has 0 heterocycles. The summed E-state index contributed by atoms with van der Waals surface area (Å²) in [5.74, 6) is 0.0646. The van der Waals surface area contributed by atoms with E-state index in [4.69, 9.17) is 0 Å². The summed E-state index contributed by atoms with van der Waals surface area (Å²) in [6.45, 7) is 6.18. The Morgan fingerprint density at radius 3 is 2.72 bits per heavy atom. The van der Waals surface area contributed by atoms with Gasteiger partial charge in [0.2, 0.25) is 5.91 Å². The van der Waals surface area contributed by atoms with Gasteiger partial charge in [0.1, 0.15) is 0 Å². The van der Waals surface area contributed by atoms with Crippen LogP contribution < -0.4 is 10.6 Å². The van der Waals surface area contributed by atoms with Crippen LogP contribution in [-0.2, 0) is 11.3 Å². The van der Waals surface area contributed by atoms with E-state index in [0.29, 0.717) is 13.1 Å². The molecule has 0 saturated heterocycles. The Morgan fingerprint density at radius 1 is 1.22 bits per heavy atom. The molecule has 18 heavy (non-hydrogen) atoms. The van der Waals surface area contributed by atoms with Gasteiger partial charge < -0.3 is 10.6 Å². The molecule has 0 spiro atoms. The molecule has 2 N–H and O–H groups in total. The summed E-state index contributed by atoms with van der Waals surface area (Å²) in [4.78, 5) is 11.6. The molecule has 0 aliphatic rings. The van der Waals surface area contributed by atoms with Gasteiger partial charge in [-0.25, -0.2) is 0 Å². The summed E-state index contributed by atoms with van der Waals surface area (Å²) >= 11 is 0. The first-order valence-electron chi connectivity index (χ1n) is 6.76. The van der Waals surface area contributed by atoms with Crippen molar-refractivity contribution >= 4 is 5.91 Å². The van der Waals surface area contributed by atoms with E-state index in [2.05, 4.69) is 30.5 Å². The Labute approximate surface area is 110 Å². The molecule has 100 valence electrons. The molecule has 0 unspecified atom stereocenters. The van der Waals surface area contributed by atoms with Crippen LogP contribution >= 0.6 is 0 Å². The van der Waals surface area contributed by atoms with Gasteiger partial charge >= 0.3 is 0 Å². The van der Waals surface area contributed by atoms with E-state index < -0.39 is 0 Å². The molecular weight excluding hydrogens is 224 g/mol. The van der Waals surface area contributed by atoms with Gasteiger partial charge in [0.05, 0.1) is 6.54 Å². The Bertz CT molecular complexity index is 363. The zero-order chi connectivity index (χ0) is 13.2. The van der Waals surface area contributed by atoms with Gasteiger partial charge in [-0.05, 0) is 31.0 Å². The van der Waals surface area contributed by atoms with Gasteiger partial charge in [0.25, 0.3) is 0 Å². The SMILES string of the molecule is CCCCCNCC(=O)NCc1ccccc1C. The van der Waals surface area contributed by atoms with Crippen molar-refractivity contribution < 1.29 is 4.79 Å². The summed E-state index contributed by atoms with van der Waals surface area (Å²) < 4.78 is 0. The van der Waals surface area contributed by atoms with Crippen molar-refractivity contribution in [2.75, 3.05) is 13.1 Å². The van der Waals surface area contributed by atoms with E-state index >= 15 is 0 Å². The van der Waals surface area contributed by atoms with Gasteiger partial charge in [0.15, 0.2) is 0 Å². The molecule has 1 amide bonds. The highest BCUT2D eigenvalue weighted by atomic mass is 16.1. The van der Waals surface area contributed by atoms with Crippen LogP contribution in [-0.4, -0.2) is 19.0 Å². The maximum atomic E-state index is 11.6. The molecule has 0 radical (unpaired) electrons. The number of unbranched alkanes of at least 4 members (excludes halogenated alkanes) is 2. The summed E-state index contributed by atoms with van der Waals surface area (Å²) in [5.41, 5.74) is 2.39. The molecule has 1 aromatic rings. The zero-order valence-corrected chi connectivity index (χ0v) is 11.5. The topological polar surface area (TPSA) is 41.1 Å². The van der Waals surface area contributed by atoms with Gasteiger partial charge in [-0.3, -0.25) is 4.79 Å². The van der Waals surface area contributed by atoms with Crippen molar-refractivity contribution in [2.24, 2.45) is 0 Å². The van der Waals surface area contributed by atoms with E-state index in [0.717, 1.165) is 13.0 Å². The molecule has 1 aromatic carbocycles. The van der Waals surface area contributed by atoms with Crippen molar-refractivity contribution in [3.63, 3.8) is 0 Å². The first kappa shape index (κ1) is 14.7. The van der Waals surface area contributed by atoms with Crippen molar-refractivity contribution in [2.45, 2.75) is 39.7 Å². The minimum Gasteiger partial charge on any atom is -0.351 e. The third-order valence-electron chi connectivity index (χ3n) is 2.98. The van der Waals surface area contributed by atoms with Crippen LogP contribution in [0.5, 0.6) is 0 Å². The molecule has 0 aromatic heterocycles. The van der Waals surface area contributed by atoms with Gasteiger partial charge in [-0.15, -0.1) is 0 Å². The molecule has 3 heteroatoms. The summed E-state index contributed by atoms with van der Waals surface area (Å²) in [5, 5.41) is 6.09. The number of amides is 1. The third-order valence-corrected chi connectivity index (χ3v) is 2.98. The van der Waals surface area contributed by atoms with Gasteiger partial charge in [-0.2, -0.15) is 0 Å². The summed E-state index contributed by atoms with van der Waals surface area (Å²) in [7, 11) is 0. The Morgan fingerprint density at radius 2 is 2.00 bits per heavy atom. The third kappa shape index (κ3) is 5.82. The highest BCUT2D eigenvalue weighted by Crippen LogP contribution is 2.05. The first-order valence-corrected chi connectivity index (χ1v) is 6.76. The maximum absolute atomic E-state index is 11.6. The number of carbonyl (C=O) groups excluding carboxylic acids is 1. The average Bonchev–Trinajstić information content (AvgIpc) is 2.37. The van der Waals surface area contributed by atoms with Gasteiger partial charge in [0, 0.05) is 6.54 Å². The molecule has 0 aliphatic carbocycles. The van der Waals surface area contributed by atoms with Crippen LogP contribution in [0.15, 0.2) is 24.3 Å². The molecule has 0 fully saturated rings. The standard InChI is InChI=1S/C15H24N2O/c1-3-4-7-10-16-12-15(18)17-11-14-9-6-5-8-13(14)2/h5-6,8-9,16H,3-4,7,10-12H2,1-2H3,(H,17,18). The largest absolute Gasteiger partial charge is 0.351 e. The zero-order valence-electron chi connectivity index (χ0n) is 11.5. The highest BCUT2D eigenvalue weighted by molar-refractivity contribution is 5.77. The number of hydrogen-bond donors (Lipinski definition) is 2. The number of carbonyl (C=O) groups is 1. The lowest BCUT2D eigenvalue weighted by Gasteiger charge is -2.08. The number of hydrogen-bond acceptors (Lipinski definition) is 2. The normalized spacial score (nSPS) is 10.3. The number of nitrogens with one attached hydrogen (secondary N) is 2. The Hall–Kier alpha value is -1.35. The van der Waals surface area contributed by atoms with Crippen molar-refractivity contribution in [3.8, 4) is 0 Å². The number of rotatable bonds is 8. The Balaban J connectivity index is 2.15. The summed E-state index contributed by atoms with van der Waals surface area (Å²) in [6, 6.07) is 8.11. The Kier molecular flexibility index (Phi) is 7.11. The lowest BCUT2D eigenvalue weighted by molar-refractivity contribution is -0.120. The van der Waals surface area contributed by atoms with Crippen molar-refractivity contribution in [1.29, 1.82) is 0 Å². The van der Waals surface area contributed by atoms with Crippen molar-refractivity contribution in [3.05, 3.63) is 35.4 Å². The quantitative estimate of drug-likeness (QED) is 0.694. The average molecular weight is 248 g/mol. The lowest BCUT2D eigenvalue weighted by atomic mass is 10.1. The van der Waals surface area contributed by atoms with Crippen LogP contribution in [0, 0.1) is 6.92 Å². The lowest BCUT2D eigenvalue weighted by Crippen LogP contribution is -2.34. The minimum atomic E-state index is 0.0646. The second-order valence-corrected chi connectivity index (χ2v) is 4.59. The van der Waals surface area contributed by atoms with Crippen LogP contribution in [0.2, 0.25) is 0 Å². The minimum absolute atomic E-state index is 0.0646.